The quantitative estimate of drug-likeness (QED) is 0.583. The van der Waals surface area contributed by atoms with Gasteiger partial charge in [0, 0.05) is 0 Å². The van der Waals surface area contributed by atoms with Crippen LogP contribution in [0.2, 0.25) is 0 Å². The van der Waals surface area contributed by atoms with E-state index in [0.29, 0.717) is 5.92 Å². The summed E-state index contributed by atoms with van der Waals surface area (Å²) in [5, 5.41) is 11.7. The van der Waals surface area contributed by atoms with Crippen LogP contribution in [-0.4, -0.2) is 23.2 Å². The number of piperidine rings is 1. The molecule has 2 aliphatic rings. The molecule has 1 saturated heterocycles. The van der Waals surface area contributed by atoms with Gasteiger partial charge >= 0.3 is 5.97 Å². The Balaban J connectivity index is 0.000000500. The van der Waals surface area contributed by atoms with Crippen molar-refractivity contribution in [3.63, 3.8) is 0 Å². The first-order chi connectivity index (χ1) is 4.26. The smallest absolute Gasteiger partial charge is 0.324 e. The highest BCUT2D eigenvalue weighted by Gasteiger charge is 2.62. The Morgan fingerprint density at radius 2 is 2.40 bits per heavy atom. The van der Waals surface area contributed by atoms with Crippen LogP contribution in [0.5, 0.6) is 0 Å². The van der Waals surface area contributed by atoms with E-state index >= 15 is 0 Å². The van der Waals surface area contributed by atoms with Gasteiger partial charge in [0.1, 0.15) is 5.54 Å². The topological polar surface area (TPSA) is 49.3 Å². The number of carboxylic acid groups (broad SMARTS) is 1. The lowest BCUT2D eigenvalue weighted by Crippen LogP contribution is -2.36. The van der Waals surface area contributed by atoms with Gasteiger partial charge in [0.05, 0.1) is 0 Å². The standard InChI is InChI=1S/C6H9NO2.ClH/c8-5(9)6-3-4(6)1-2-7-6;/h4,7H,1-3H2,(H,8,9);1H/t4-,6+;/m0./s1. The number of halogens is 1. The van der Waals surface area contributed by atoms with Crippen LogP contribution in [0, 0.1) is 5.92 Å². The van der Waals surface area contributed by atoms with Crippen molar-refractivity contribution in [3.05, 3.63) is 0 Å². The third kappa shape index (κ3) is 0.739. The molecule has 2 fully saturated rings. The van der Waals surface area contributed by atoms with E-state index in [1.54, 1.807) is 0 Å². The molecule has 0 aromatic rings. The zero-order valence-corrected chi connectivity index (χ0v) is 6.28. The SMILES string of the molecule is Cl.O=C(O)[C@@]12C[C@@H]1CCN2. The highest BCUT2D eigenvalue weighted by molar-refractivity contribution is 5.85. The number of rotatable bonds is 1. The number of hydrogen-bond acceptors (Lipinski definition) is 2. The highest BCUT2D eigenvalue weighted by Crippen LogP contribution is 2.49. The van der Waals surface area contributed by atoms with Gasteiger partial charge in [0.15, 0.2) is 0 Å². The summed E-state index contributed by atoms with van der Waals surface area (Å²) in [6, 6.07) is 0. The monoisotopic (exact) mass is 163 g/mol. The number of carboxylic acids is 1. The molecule has 2 atom stereocenters. The predicted octanol–water partition coefficient (Wildman–Crippen LogP) is 0.245. The molecule has 0 unspecified atom stereocenters. The van der Waals surface area contributed by atoms with Crippen LogP contribution in [0.1, 0.15) is 12.8 Å². The summed E-state index contributed by atoms with van der Waals surface area (Å²) in [5.74, 6) is -0.222. The molecular weight excluding hydrogens is 154 g/mol. The molecule has 10 heavy (non-hydrogen) atoms. The first kappa shape index (κ1) is 7.82. The lowest BCUT2D eigenvalue weighted by Gasteiger charge is -2.04. The molecule has 1 saturated carbocycles. The van der Waals surface area contributed by atoms with Crippen LogP contribution in [0.15, 0.2) is 0 Å². The van der Waals surface area contributed by atoms with Crippen LogP contribution in [-0.2, 0) is 4.79 Å². The Morgan fingerprint density at radius 1 is 1.70 bits per heavy atom. The first-order valence-electron chi connectivity index (χ1n) is 3.24. The fourth-order valence-corrected chi connectivity index (χ4v) is 1.70. The van der Waals surface area contributed by atoms with Crippen molar-refractivity contribution in [1.82, 2.24) is 5.32 Å². The summed E-state index contributed by atoms with van der Waals surface area (Å²) in [5.41, 5.74) is -0.472. The number of fused-ring (bicyclic) bond motifs is 1. The van der Waals surface area contributed by atoms with Crippen LogP contribution >= 0.6 is 12.4 Å². The molecule has 0 spiro atoms. The van der Waals surface area contributed by atoms with Crippen molar-refractivity contribution < 1.29 is 9.90 Å². The Hall–Kier alpha value is -0.280. The number of carbonyl (C=O) groups is 1. The van der Waals surface area contributed by atoms with E-state index in [9.17, 15) is 4.79 Å². The van der Waals surface area contributed by atoms with E-state index in [4.69, 9.17) is 5.11 Å². The summed E-state index contributed by atoms with van der Waals surface area (Å²) in [7, 11) is 0. The van der Waals surface area contributed by atoms with E-state index in [0.717, 1.165) is 19.4 Å². The van der Waals surface area contributed by atoms with Gasteiger partial charge in [-0.3, -0.25) is 4.79 Å². The van der Waals surface area contributed by atoms with Gasteiger partial charge in [-0.2, -0.15) is 0 Å². The van der Waals surface area contributed by atoms with Gasteiger partial charge in [-0.15, -0.1) is 12.4 Å². The Morgan fingerprint density at radius 3 is 2.60 bits per heavy atom. The van der Waals surface area contributed by atoms with Gasteiger partial charge in [-0.25, -0.2) is 0 Å². The normalized spacial score (nSPS) is 41.8. The molecule has 0 aromatic carbocycles. The fourth-order valence-electron chi connectivity index (χ4n) is 1.70. The molecule has 0 amide bonds. The van der Waals surface area contributed by atoms with Crippen molar-refractivity contribution in [1.29, 1.82) is 0 Å². The van der Waals surface area contributed by atoms with Crippen molar-refractivity contribution in [2.75, 3.05) is 6.54 Å². The minimum Gasteiger partial charge on any atom is -0.480 e. The average Bonchev–Trinajstić information content (AvgIpc) is 2.38. The Bertz CT molecular complexity index is 173. The zero-order chi connectivity index (χ0) is 6.48. The predicted molar refractivity (Wildman–Crippen MR) is 38.3 cm³/mol. The molecular formula is C6H10ClNO2. The number of hydrogen-bond donors (Lipinski definition) is 2. The molecule has 0 radical (unpaired) electrons. The first-order valence-corrected chi connectivity index (χ1v) is 3.24. The van der Waals surface area contributed by atoms with Gasteiger partial charge in [-0.1, -0.05) is 0 Å². The second-order valence-corrected chi connectivity index (χ2v) is 2.89. The third-order valence-corrected chi connectivity index (χ3v) is 2.42. The van der Waals surface area contributed by atoms with Gasteiger partial charge in [0.2, 0.25) is 0 Å². The number of aliphatic carboxylic acids is 1. The van der Waals surface area contributed by atoms with Crippen LogP contribution < -0.4 is 5.32 Å². The molecule has 1 heterocycles. The van der Waals surface area contributed by atoms with Gasteiger partial charge in [0.25, 0.3) is 0 Å². The molecule has 2 N–H and O–H groups in total. The van der Waals surface area contributed by atoms with Crippen LogP contribution in [0.25, 0.3) is 0 Å². The molecule has 1 aliphatic carbocycles. The maximum absolute atomic E-state index is 10.5. The van der Waals surface area contributed by atoms with Gasteiger partial charge in [-0.05, 0) is 25.3 Å². The minimum absolute atomic E-state index is 0. The van der Waals surface area contributed by atoms with Crippen molar-refractivity contribution in [2.45, 2.75) is 18.4 Å². The van der Waals surface area contributed by atoms with Crippen molar-refractivity contribution in [3.8, 4) is 0 Å². The molecule has 3 nitrogen and oxygen atoms in total. The van der Waals surface area contributed by atoms with Crippen LogP contribution in [0.4, 0.5) is 0 Å². The largest absolute Gasteiger partial charge is 0.480 e. The third-order valence-electron chi connectivity index (χ3n) is 2.42. The maximum Gasteiger partial charge on any atom is 0.324 e. The second kappa shape index (κ2) is 2.10. The summed E-state index contributed by atoms with van der Waals surface area (Å²) in [6.45, 7) is 0.886. The Labute approximate surface area is 65.2 Å². The second-order valence-electron chi connectivity index (χ2n) is 2.89. The van der Waals surface area contributed by atoms with E-state index in [1.807, 2.05) is 0 Å². The molecule has 1 aliphatic heterocycles. The molecule has 0 bridgehead atoms. The summed E-state index contributed by atoms with van der Waals surface area (Å²) < 4.78 is 0. The number of nitrogens with one attached hydrogen (secondary N) is 1. The van der Waals surface area contributed by atoms with Crippen LogP contribution in [0.3, 0.4) is 0 Å². The van der Waals surface area contributed by atoms with E-state index in [1.165, 1.54) is 0 Å². The summed E-state index contributed by atoms with van der Waals surface area (Å²) in [6.07, 6.45) is 1.90. The van der Waals surface area contributed by atoms with Crippen molar-refractivity contribution in [2.24, 2.45) is 5.92 Å². The molecule has 58 valence electrons. The molecule has 2 rings (SSSR count). The average molecular weight is 164 g/mol. The molecule has 4 heteroatoms. The zero-order valence-electron chi connectivity index (χ0n) is 5.46. The van der Waals surface area contributed by atoms with Crippen molar-refractivity contribution >= 4 is 18.4 Å². The maximum atomic E-state index is 10.5. The van der Waals surface area contributed by atoms with Gasteiger partial charge < -0.3 is 10.4 Å². The lowest BCUT2D eigenvalue weighted by molar-refractivity contribution is -0.140. The highest BCUT2D eigenvalue weighted by atomic mass is 35.5. The fraction of sp³-hybridized carbons (Fsp3) is 0.833. The summed E-state index contributed by atoms with van der Waals surface area (Å²) in [4.78, 5) is 10.5. The summed E-state index contributed by atoms with van der Waals surface area (Å²) >= 11 is 0. The van der Waals surface area contributed by atoms with E-state index in [2.05, 4.69) is 5.32 Å². The van der Waals surface area contributed by atoms with E-state index < -0.39 is 11.5 Å². The lowest BCUT2D eigenvalue weighted by atomic mass is 10.2. The Kier molecular flexibility index (Phi) is 1.65. The van der Waals surface area contributed by atoms with E-state index in [-0.39, 0.29) is 12.4 Å². The molecule has 0 aromatic heterocycles. The minimum atomic E-state index is -0.662.